The smallest absolute Gasteiger partial charge is 0.270 e. The molecular formula is C26H33FN8O3. The van der Waals surface area contributed by atoms with E-state index in [1.54, 1.807) is 30.1 Å². The number of carbonyl (C=O) groups is 2. The Kier molecular flexibility index (Phi) is 7.13. The first-order valence-electron chi connectivity index (χ1n) is 13.0. The Hall–Kier alpha value is -3.83. The summed E-state index contributed by atoms with van der Waals surface area (Å²) in [6.45, 7) is 5.70. The predicted octanol–water partition coefficient (Wildman–Crippen LogP) is 3.38. The van der Waals surface area contributed by atoms with Crippen LogP contribution in [0.25, 0.3) is 0 Å². The van der Waals surface area contributed by atoms with Crippen molar-refractivity contribution in [2.24, 2.45) is 17.8 Å². The Morgan fingerprint density at radius 1 is 1.16 bits per heavy atom. The average Bonchev–Trinajstić information content (AvgIpc) is 3.82. The largest absolute Gasteiger partial charge is 0.481 e. The number of rotatable bonds is 11. The number of amides is 2. The summed E-state index contributed by atoms with van der Waals surface area (Å²) >= 11 is 0. The number of ether oxygens (including phenoxy) is 1. The summed E-state index contributed by atoms with van der Waals surface area (Å²) in [5, 5.41) is 18.4. The number of halogens is 1. The van der Waals surface area contributed by atoms with E-state index in [4.69, 9.17) is 4.74 Å². The zero-order chi connectivity index (χ0) is 27.0. The SMILES string of the molecule is COc1ncc(F)cc1C(C)n1cc(NC(=O)[C@@H](NC(=O)c2ccnn2C(C)C)C(C2CC2)C2CC2)nn1. The Balaban J connectivity index is 1.35. The van der Waals surface area contributed by atoms with Crippen molar-refractivity contribution in [3.05, 3.63) is 47.8 Å². The molecule has 2 N–H and O–H groups in total. The van der Waals surface area contributed by atoms with Crippen molar-refractivity contribution in [3.8, 4) is 5.88 Å². The maximum atomic E-state index is 13.9. The summed E-state index contributed by atoms with van der Waals surface area (Å²) in [6, 6.07) is 1.83. The minimum absolute atomic E-state index is 0.00429. The molecule has 3 aromatic heterocycles. The lowest BCUT2D eigenvalue weighted by molar-refractivity contribution is -0.119. The molecular weight excluding hydrogens is 491 g/mol. The van der Waals surface area contributed by atoms with Gasteiger partial charge in [-0.1, -0.05) is 5.21 Å². The topological polar surface area (TPSA) is 129 Å². The third kappa shape index (κ3) is 5.39. The van der Waals surface area contributed by atoms with E-state index in [0.29, 0.717) is 23.1 Å². The summed E-state index contributed by atoms with van der Waals surface area (Å²) in [6.07, 6.45) is 8.48. The molecule has 5 rings (SSSR count). The van der Waals surface area contributed by atoms with Gasteiger partial charge in [-0.3, -0.25) is 14.3 Å². The average molecular weight is 525 g/mol. The predicted molar refractivity (Wildman–Crippen MR) is 136 cm³/mol. The van der Waals surface area contributed by atoms with Gasteiger partial charge in [0.05, 0.1) is 25.5 Å². The normalized spacial score (nSPS) is 16.9. The molecule has 0 bridgehead atoms. The molecule has 2 aliphatic rings. The van der Waals surface area contributed by atoms with E-state index in [9.17, 15) is 14.0 Å². The molecule has 12 heteroatoms. The minimum Gasteiger partial charge on any atom is -0.481 e. The van der Waals surface area contributed by atoms with Gasteiger partial charge in [0.15, 0.2) is 5.82 Å². The number of aromatic nitrogens is 6. The molecule has 2 amide bonds. The fourth-order valence-electron chi connectivity index (χ4n) is 5.13. The number of methoxy groups -OCH3 is 1. The van der Waals surface area contributed by atoms with Crippen LogP contribution in [0.2, 0.25) is 0 Å². The van der Waals surface area contributed by atoms with Crippen molar-refractivity contribution in [2.45, 2.75) is 64.6 Å². The summed E-state index contributed by atoms with van der Waals surface area (Å²) < 4.78 is 22.3. The molecule has 2 fully saturated rings. The van der Waals surface area contributed by atoms with Crippen LogP contribution in [0.5, 0.6) is 5.88 Å². The zero-order valence-corrected chi connectivity index (χ0v) is 22.0. The summed E-state index contributed by atoms with van der Waals surface area (Å²) in [7, 11) is 1.46. The van der Waals surface area contributed by atoms with Crippen LogP contribution in [0, 0.1) is 23.6 Å². The van der Waals surface area contributed by atoms with Crippen LogP contribution in [-0.4, -0.2) is 54.7 Å². The Morgan fingerprint density at radius 3 is 2.50 bits per heavy atom. The van der Waals surface area contributed by atoms with Crippen LogP contribution in [0.1, 0.15) is 74.6 Å². The lowest BCUT2D eigenvalue weighted by atomic mass is 9.88. The number of hydrogen-bond acceptors (Lipinski definition) is 7. The van der Waals surface area contributed by atoms with Gasteiger partial charge in [0.1, 0.15) is 17.6 Å². The molecule has 3 heterocycles. The number of hydrogen-bond donors (Lipinski definition) is 2. The van der Waals surface area contributed by atoms with E-state index in [2.05, 4.69) is 31.0 Å². The molecule has 0 saturated heterocycles. The van der Waals surface area contributed by atoms with Gasteiger partial charge in [0, 0.05) is 17.8 Å². The highest BCUT2D eigenvalue weighted by molar-refractivity contribution is 6.00. The number of nitrogens with one attached hydrogen (secondary N) is 2. The van der Waals surface area contributed by atoms with Gasteiger partial charge in [0.2, 0.25) is 11.8 Å². The van der Waals surface area contributed by atoms with Gasteiger partial charge >= 0.3 is 0 Å². The lowest BCUT2D eigenvalue weighted by Gasteiger charge is -2.27. The Morgan fingerprint density at radius 2 is 1.87 bits per heavy atom. The zero-order valence-electron chi connectivity index (χ0n) is 22.0. The molecule has 3 aromatic rings. The van der Waals surface area contributed by atoms with Crippen LogP contribution in [-0.2, 0) is 4.79 Å². The second kappa shape index (κ2) is 10.5. The molecule has 0 aromatic carbocycles. The third-order valence-corrected chi connectivity index (χ3v) is 7.33. The van der Waals surface area contributed by atoms with Crippen LogP contribution < -0.4 is 15.4 Å². The van der Waals surface area contributed by atoms with Crippen LogP contribution >= 0.6 is 0 Å². The highest BCUT2D eigenvalue weighted by atomic mass is 19.1. The second-order valence-electron chi connectivity index (χ2n) is 10.5. The van der Waals surface area contributed by atoms with Crippen molar-refractivity contribution >= 4 is 17.6 Å². The number of anilines is 1. The molecule has 2 atom stereocenters. The van der Waals surface area contributed by atoms with E-state index in [0.717, 1.165) is 31.9 Å². The Labute approximate surface area is 220 Å². The van der Waals surface area contributed by atoms with E-state index in [1.807, 2.05) is 13.8 Å². The van der Waals surface area contributed by atoms with Gasteiger partial charge in [-0.05, 0) is 76.3 Å². The summed E-state index contributed by atoms with van der Waals surface area (Å²) in [5.41, 5.74) is 0.908. The maximum Gasteiger partial charge on any atom is 0.270 e. The fourth-order valence-corrected chi connectivity index (χ4v) is 5.13. The molecule has 0 aliphatic heterocycles. The highest BCUT2D eigenvalue weighted by Gasteiger charge is 2.48. The van der Waals surface area contributed by atoms with Gasteiger partial charge in [-0.15, -0.1) is 5.10 Å². The third-order valence-electron chi connectivity index (χ3n) is 7.33. The number of carbonyl (C=O) groups excluding carboxylic acids is 2. The molecule has 11 nitrogen and oxygen atoms in total. The van der Waals surface area contributed by atoms with Gasteiger partial charge in [-0.25, -0.2) is 14.1 Å². The van der Waals surface area contributed by atoms with E-state index < -0.39 is 17.9 Å². The standard InChI is InChI=1S/C26H33FN8O3/c1-14(2)35-20(9-10-29-35)24(36)31-23(22(16-5-6-16)17-7-8-17)25(37)30-21-13-34(33-32-21)15(3)19-11-18(27)12-28-26(19)38-4/h9-17,22-23H,5-8H2,1-4H3,(H,30,37)(H,31,36)/t15?,23-/m0/s1. The van der Waals surface area contributed by atoms with Crippen LogP contribution in [0.4, 0.5) is 10.2 Å². The number of pyridine rings is 1. The quantitative estimate of drug-likeness (QED) is 0.393. The summed E-state index contributed by atoms with van der Waals surface area (Å²) in [5.74, 6) is 0.250. The van der Waals surface area contributed by atoms with E-state index >= 15 is 0 Å². The highest BCUT2D eigenvalue weighted by Crippen LogP contribution is 2.51. The first kappa shape index (κ1) is 25.8. The number of nitrogens with zero attached hydrogens (tertiary/aromatic N) is 6. The molecule has 38 heavy (non-hydrogen) atoms. The van der Waals surface area contributed by atoms with Crippen molar-refractivity contribution in [1.29, 1.82) is 0 Å². The molecule has 2 saturated carbocycles. The van der Waals surface area contributed by atoms with Crippen molar-refractivity contribution < 1.29 is 18.7 Å². The lowest BCUT2D eigenvalue weighted by Crippen LogP contribution is -2.50. The summed E-state index contributed by atoms with van der Waals surface area (Å²) in [4.78, 5) is 30.9. The molecule has 0 radical (unpaired) electrons. The molecule has 1 unspecified atom stereocenters. The second-order valence-corrected chi connectivity index (χ2v) is 10.5. The van der Waals surface area contributed by atoms with Gasteiger partial charge < -0.3 is 15.4 Å². The van der Waals surface area contributed by atoms with Crippen molar-refractivity contribution in [2.75, 3.05) is 12.4 Å². The van der Waals surface area contributed by atoms with Crippen LogP contribution in [0.15, 0.2) is 30.7 Å². The van der Waals surface area contributed by atoms with E-state index in [1.165, 1.54) is 17.9 Å². The first-order chi connectivity index (χ1) is 18.3. The Bertz CT molecular complexity index is 1300. The van der Waals surface area contributed by atoms with Crippen LogP contribution in [0.3, 0.4) is 0 Å². The van der Waals surface area contributed by atoms with E-state index in [-0.39, 0.29) is 35.5 Å². The fraction of sp³-hybridized carbons (Fsp3) is 0.538. The molecule has 0 spiro atoms. The molecule has 2 aliphatic carbocycles. The monoisotopic (exact) mass is 524 g/mol. The first-order valence-corrected chi connectivity index (χ1v) is 13.0. The van der Waals surface area contributed by atoms with Gasteiger partial charge in [-0.2, -0.15) is 5.10 Å². The van der Waals surface area contributed by atoms with Crippen molar-refractivity contribution in [1.82, 2.24) is 35.1 Å². The van der Waals surface area contributed by atoms with Crippen molar-refractivity contribution in [3.63, 3.8) is 0 Å². The minimum atomic E-state index is -0.715. The molecule has 202 valence electrons. The maximum absolute atomic E-state index is 13.9. The van der Waals surface area contributed by atoms with Gasteiger partial charge in [0.25, 0.3) is 5.91 Å².